The molecule has 1 fully saturated rings. The summed E-state index contributed by atoms with van der Waals surface area (Å²) in [5, 5.41) is 0. The van der Waals surface area contributed by atoms with Gasteiger partial charge in [0.25, 0.3) is 0 Å². The molecular weight excluding hydrogens is 272 g/mol. The average Bonchev–Trinajstić information content (AvgIpc) is 2.40. The van der Waals surface area contributed by atoms with Crippen LogP contribution in [-0.4, -0.2) is 48.6 Å². The van der Waals surface area contributed by atoms with Crippen molar-refractivity contribution in [2.75, 3.05) is 26.7 Å². The van der Waals surface area contributed by atoms with E-state index in [2.05, 4.69) is 30.7 Å². The van der Waals surface area contributed by atoms with E-state index < -0.39 is 11.6 Å². The van der Waals surface area contributed by atoms with Crippen LogP contribution in [0.15, 0.2) is 18.2 Å². The molecule has 2 rings (SSSR count). The number of likely N-dealkylation sites (N-methyl/N-ethyl adjacent to an activating group) is 1. The van der Waals surface area contributed by atoms with Crippen molar-refractivity contribution in [1.29, 1.82) is 0 Å². The molecule has 0 spiro atoms. The lowest BCUT2D eigenvalue weighted by molar-refractivity contribution is 0.0584. The van der Waals surface area contributed by atoms with Crippen molar-refractivity contribution in [1.82, 2.24) is 9.80 Å². The molecule has 0 aromatic heterocycles. The summed E-state index contributed by atoms with van der Waals surface area (Å²) in [4.78, 5) is 4.75. The van der Waals surface area contributed by atoms with Crippen LogP contribution in [0.5, 0.6) is 0 Å². The molecule has 1 aromatic carbocycles. The van der Waals surface area contributed by atoms with Gasteiger partial charge in [-0.1, -0.05) is 0 Å². The van der Waals surface area contributed by atoms with Crippen molar-refractivity contribution in [2.24, 2.45) is 5.73 Å². The van der Waals surface area contributed by atoms with E-state index in [1.54, 1.807) is 0 Å². The van der Waals surface area contributed by atoms with Crippen LogP contribution < -0.4 is 5.73 Å². The Labute approximate surface area is 125 Å². The summed E-state index contributed by atoms with van der Waals surface area (Å²) in [6.45, 7) is 7.28. The Morgan fingerprint density at radius 3 is 2.19 bits per heavy atom. The summed E-state index contributed by atoms with van der Waals surface area (Å²) >= 11 is 0. The lowest BCUT2D eigenvalue weighted by Crippen LogP contribution is -2.55. The Morgan fingerprint density at radius 1 is 1.14 bits per heavy atom. The molecule has 5 heteroatoms. The third-order valence-electron chi connectivity index (χ3n) is 4.50. The van der Waals surface area contributed by atoms with E-state index in [4.69, 9.17) is 5.73 Å². The van der Waals surface area contributed by atoms with Crippen LogP contribution in [0.25, 0.3) is 0 Å². The van der Waals surface area contributed by atoms with Gasteiger partial charge in [-0.15, -0.1) is 0 Å². The molecule has 1 aliphatic rings. The molecule has 1 saturated heterocycles. The first-order valence-electron chi connectivity index (χ1n) is 7.52. The molecule has 0 bridgehead atoms. The fraction of sp³-hybridized carbons (Fsp3) is 0.625. The largest absolute Gasteiger partial charge is 0.324 e. The predicted octanol–water partition coefficient (Wildman–Crippen LogP) is 2.38. The monoisotopic (exact) mass is 297 g/mol. The molecule has 1 aliphatic heterocycles. The summed E-state index contributed by atoms with van der Waals surface area (Å²) in [5.41, 5.74) is 6.61. The van der Waals surface area contributed by atoms with Gasteiger partial charge in [0.15, 0.2) is 0 Å². The van der Waals surface area contributed by atoms with E-state index in [1.807, 2.05) is 0 Å². The molecular formula is C16H25F2N3. The molecule has 1 aromatic rings. The first-order valence-corrected chi connectivity index (χ1v) is 7.52. The third-order valence-corrected chi connectivity index (χ3v) is 4.50. The first kappa shape index (κ1) is 16.3. The number of benzene rings is 1. The number of nitrogens with two attached hydrogens (primary N) is 1. The van der Waals surface area contributed by atoms with Crippen molar-refractivity contribution < 1.29 is 8.78 Å². The molecule has 2 N–H and O–H groups in total. The van der Waals surface area contributed by atoms with Crippen molar-refractivity contribution >= 4 is 0 Å². The number of halogens is 2. The highest BCUT2D eigenvalue weighted by molar-refractivity contribution is 5.21. The predicted molar refractivity (Wildman–Crippen MR) is 81.0 cm³/mol. The normalized spacial score (nSPS) is 26.0. The van der Waals surface area contributed by atoms with Gasteiger partial charge < -0.3 is 10.6 Å². The third kappa shape index (κ3) is 4.22. The number of rotatable bonds is 4. The van der Waals surface area contributed by atoms with Gasteiger partial charge in [-0.05, 0) is 45.0 Å². The molecule has 0 saturated carbocycles. The van der Waals surface area contributed by atoms with Gasteiger partial charge in [0.1, 0.15) is 11.6 Å². The maximum atomic E-state index is 13.2. The van der Waals surface area contributed by atoms with Crippen LogP contribution in [0.1, 0.15) is 31.9 Å². The van der Waals surface area contributed by atoms with E-state index >= 15 is 0 Å². The highest BCUT2D eigenvalue weighted by atomic mass is 19.1. The van der Waals surface area contributed by atoms with Crippen molar-refractivity contribution in [2.45, 2.75) is 38.4 Å². The Morgan fingerprint density at radius 2 is 1.67 bits per heavy atom. The van der Waals surface area contributed by atoms with Crippen LogP contribution in [0, 0.1) is 11.6 Å². The van der Waals surface area contributed by atoms with Crippen molar-refractivity contribution in [3.63, 3.8) is 0 Å². The van der Waals surface area contributed by atoms with Gasteiger partial charge in [-0.25, -0.2) is 8.78 Å². The van der Waals surface area contributed by atoms with E-state index in [0.29, 0.717) is 24.1 Å². The summed E-state index contributed by atoms with van der Waals surface area (Å²) in [6.07, 6.45) is 0.700. The van der Waals surface area contributed by atoms with Crippen LogP contribution >= 0.6 is 0 Å². The smallest absolute Gasteiger partial charge is 0.126 e. The topological polar surface area (TPSA) is 32.5 Å². The summed E-state index contributed by atoms with van der Waals surface area (Å²) in [7, 11) is 2.15. The van der Waals surface area contributed by atoms with E-state index in [1.165, 1.54) is 12.1 Å². The molecule has 0 aliphatic carbocycles. The minimum Gasteiger partial charge on any atom is -0.324 e. The quantitative estimate of drug-likeness (QED) is 0.926. The zero-order valence-corrected chi connectivity index (χ0v) is 13.0. The highest BCUT2D eigenvalue weighted by Gasteiger charge is 2.26. The number of nitrogens with zero attached hydrogens (tertiary/aromatic N) is 2. The Balaban J connectivity index is 1.90. The number of hydrogen-bond donors (Lipinski definition) is 1. The Hall–Kier alpha value is -1.04. The van der Waals surface area contributed by atoms with Gasteiger partial charge in [0.05, 0.1) is 0 Å². The lowest BCUT2D eigenvalue weighted by Gasteiger charge is -2.42. The van der Waals surface area contributed by atoms with Gasteiger partial charge >= 0.3 is 0 Å². The van der Waals surface area contributed by atoms with Gasteiger partial charge in [0, 0.05) is 43.8 Å². The summed E-state index contributed by atoms with van der Waals surface area (Å²) in [6, 6.07) is 4.21. The first-order chi connectivity index (χ1) is 9.86. The Kier molecular flexibility index (Phi) is 5.30. The second-order valence-electron chi connectivity index (χ2n) is 6.22. The van der Waals surface area contributed by atoms with Crippen molar-refractivity contribution in [3.8, 4) is 0 Å². The molecule has 21 heavy (non-hydrogen) atoms. The van der Waals surface area contributed by atoms with E-state index in [0.717, 1.165) is 25.7 Å². The standard InChI is InChI=1S/C16H25F2N3/c1-11-9-21(10-12(2)20(11)3)5-4-16(19)13-6-14(17)8-15(18)7-13/h6-8,11-12,16H,4-5,9-10,19H2,1-3H3. The minimum absolute atomic E-state index is 0.333. The molecule has 118 valence electrons. The fourth-order valence-corrected chi connectivity index (χ4v) is 2.97. The molecule has 3 nitrogen and oxygen atoms in total. The van der Waals surface area contributed by atoms with E-state index in [9.17, 15) is 8.78 Å². The maximum Gasteiger partial charge on any atom is 0.126 e. The van der Waals surface area contributed by atoms with Gasteiger partial charge in [0.2, 0.25) is 0 Å². The molecule has 0 radical (unpaired) electrons. The SMILES string of the molecule is CC1CN(CCC(N)c2cc(F)cc(F)c2)CC(C)N1C. The van der Waals surface area contributed by atoms with Crippen LogP contribution in [0.3, 0.4) is 0 Å². The maximum absolute atomic E-state index is 13.2. The van der Waals surface area contributed by atoms with Gasteiger partial charge in [-0.3, -0.25) is 4.90 Å². The minimum atomic E-state index is -0.567. The van der Waals surface area contributed by atoms with Crippen LogP contribution in [0.4, 0.5) is 8.78 Å². The second kappa shape index (κ2) is 6.81. The lowest BCUT2D eigenvalue weighted by atomic mass is 10.0. The Bertz CT molecular complexity index is 448. The van der Waals surface area contributed by atoms with Crippen LogP contribution in [-0.2, 0) is 0 Å². The van der Waals surface area contributed by atoms with Crippen LogP contribution in [0.2, 0.25) is 0 Å². The average molecular weight is 297 g/mol. The van der Waals surface area contributed by atoms with Crippen molar-refractivity contribution in [3.05, 3.63) is 35.4 Å². The zero-order valence-electron chi connectivity index (χ0n) is 13.0. The fourth-order valence-electron chi connectivity index (χ4n) is 2.97. The van der Waals surface area contributed by atoms with E-state index in [-0.39, 0.29) is 6.04 Å². The molecule has 0 amide bonds. The second-order valence-corrected chi connectivity index (χ2v) is 6.22. The highest BCUT2D eigenvalue weighted by Crippen LogP contribution is 2.19. The molecule has 3 atom stereocenters. The summed E-state index contributed by atoms with van der Waals surface area (Å²) in [5.74, 6) is -1.13. The number of hydrogen-bond acceptors (Lipinski definition) is 3. The van der Waals surface area contributed by atoms with Gasteiger partial charge in [-0.2, -0.15) is 0 Å². The zero-order chi connectivity index (χ0) is 15.6. The molecule has 3 unspecified atom stereocenters. The summed E-state index contributed by atoms with van der Waals surface area (Å²) < 4.78 is 26.4. The molecule has 1 heterocycles. The number of piperazine rings is 1.